The summed E-state index contributed by atoms with van der Waals surface area (Å²) in [5.74, 6) is -42.5. The average molecular weight is 908 g/mol. The van der Waals surface area contributed by atoms with Gasteiger partial charge in [0.2, 0.25) is 5.82 Å². The molecule has 1 heterocycles. The van der Waals surface area contributed by atoms with Gasteiger partial charge in [0.25, 0.3) is 0 Å². The molecular weight excluding hydrogens is 879 g/mol. The molecule has 0 fully saturated rings. The summed E-state index contributed by atoms with van der Waals surface area (Å²) in [5, 5.41) is 0.896. The molecule has 6 aromatic rings. The highest BCUT2D eigenvalue weighted by atomic mass is 31.2. The van der Waals surface area contributed by atoms with Crippen molar-refractivity contribution in [3.8, 4) is 0 Å². The van der Waals surface area contributed by atoms with Crippen LogP contribution in [0.15, 0.2) is 90.2 Å². The number of hydrogen-bond acceptors (Lipinski definition) is 0. The van der Waals surface area contributed by atoms with Crippen molar-refractivity contribution in [2.45, 2.75) is 40.0 Å². The predicted octanol–water partition coefficient (Wildman–Crippen LogP) is 11.5. The first-order valence-electron chi connectivity index (χ1n) is 19.0. The highest BCUT2D eigenvalue weighted by Crippen LogP contribution is 2.66. The minimum atomic E-state index is -5.55. The van der Waals surface area contributed by atoms with Gasteiger partial charge in [-0.3, -0.25) is 0 Å². The molecule has 326 valence electrons. The lowest BCUT2D eigenvalue weighted by Crippen LogP contribution is -2.64. The number of benzene rings is 6. The normalized spacial score (nSPS) is 16.0. The molecule has 0 saturated heterocycles. The second kappa shape index (κ2) is 16.7. The summed E-state index contributed by atoms with van der Waals surface area (Å²) in [5.41, 5.74) is -7.33. The third kappa shape index (κ3) is 6.69. The molecule has 6 aromatic carbocycles. The van der Waals surface area contributed by atoms with E-state index < -0.39 is 129 Å². The van der Waals surface area contributed by atoms with Crippen LogP contribution in [0.4, 0.5) is 65.9 Å². The maximum atomic E-state index is 16.9. The van der Waals surface area contributed by atoms with Crippen LogP contribution in [0, 0.1) is 108 Å². The Labute approximate surface area is 350 Å². The molecule has 0 bridgehead atoms. The average Bonchev–Trinajstić information content (AvgIpc) is 3.26. The Morgan fingerprint density at radius 2 is 0.698 bits per heavy atom. The van der Waals surface area contributed by atoms with Crippen LogP contribution in [0.25, 0.3) is 5.47 Å². The third-order valence-electron chi connectivity index (χ3n) is 11.7. The fourth-order valence-electron chi connectivity index (χ4n) is 8.99. The zero-order valence-electron chi connectivity index (χ0n) is 32.9. The molecule has 0 saturated carbocycles. The lowest BCUT2D eigenvalue weighted by molar-refractivity contribution is 0.376. The summed E-state index contributed by atoms with van der Waals surface area (Å²) in [6, 6.07) is 19.3. The Kier molecular flexibility index (Phi) is 12.0. The van der Waals surface area contributed by atoms with Gasteiger partial charge < -0.3 is 0 Å². The van der Waals surface area contributed by atoms with Crippen molar-refractivity contribution in [2.75, 3.05) is 0 Å². The summed E-state index contributed by atoms with van der Waals surface area (Å²) in [6.45, 7) is 4.91. The second-order valence-corrected chi connectivity index (χ2v) is 18.4. The summed E-state index contributed by atoms with van der Waals surface area (Å²) < 4.78 is 239. The van der Waals surface area contributed by atoms with Crippen molar-refractivity contribution in [3.05, 3.63) is 200 Å². The molecule has 7 rings (SSSR count). The molecule has 0 unspecified atom stereocenters. The first-order chi connectivity index (χ1) is 29.8. The quantitative estimate of drug-likeness (QED) is 0.0492. The van der Waals surface area contributed by atoms with E-state index in [1.165, 1.54) is 0 Å². The molecule has 0 aromatic heterocycles. The Balaban J connectivity index is 1.92. The fourth-order valence-corrected chi connectivity index (χ4v) is 14.4. The van der Waals surface area contributed by atoms with Crippen LogP contribution >= 0.6 is 7.26 Å². The van der Waals surface area contributed by atoms with E-state index in [1.54, 1.807) is 93.6 Å². The molecule has 0 spiro atoms. The number of hydrogen-bond donors (Lipinski definition) is 0. The topological polar surface area (TPSA) is 0 Å². The summed E-state index contributed by atoms with van der Waals surface area (Å²) in [7, 11) is -3.96. The second-order valence-electron chi connectivity index (χ2n) is 15.1. The van der Waals surface area contributed by atoms with E-state index in [4.69, 9.17) is 0 Å². The van der Waals surface area contributed by atoms with Gasteiger partial charge >= 0.3 is 0 Å². The molecule has 1 aliphatic rings. The number of rotatable bonds is 7. The van der Waals surface area contributed by atoms with Gasteiger partial charge in [-0.1, -0.05) is 54.6 Å². The van der Waals surface area contributed by atoms with E-state index in [0.717, 1.165) is 0 Å². The van der Waals surface area contributed by atoms with E-state index in [-0.39, 0.29) is 18.2 Å². The Morgan fingerprint density at radius 3 is 1.03 bits per heavy atom. The predicted molar refractivity (Wildman–Crippen MR) is 213 cm³/mol. The maximum absolute atomic E-state index is 16.9. The monoisotopic (exact) mass is 908 g/mol. The minimum Gasteiger partial charge on any atom is -0.207 e. The van der Waals surface area contributed by atoms with Gasteiger partial charge in [-0.15, -0.1) is 17.0 Å². The standard InChI is InChI=1S/C46H29BF15P/c1-21-12-4-9-17-26(21)63(27-18-10-5-13-22(27)2,28-19-11-6-14-23(28)3)24-15-7-8-16-25(29-32(48)38(54)44(60)39(55)33(29)49)47(20-24,30-34(50)40(56)45(61)41(57)35(30)51)31-36(52)42(58)46(62)43(59)37(31)53/h4-6,9-14,16-20H,7-8,15H2,1-3H3/b24-20+,25-16-. The molecule has 17 heteroatoms. The van der Waals surface area contributed by atoms with Crippen molar-refractivity contribution in [1.82, 2.24) is 0 Å². The fraction of sp³-hybridized carbons (Fsp3) is 0.130. The van der Waals surface area contributed by atoms with Crippen molar-refractivity contribution in [3.63, 3.8) is 0 Å². The van der Waals surface area contributed by atoms with Gasteiger partial charge in [0.1, 0.15) is 52.6 Å². The number of aryl methyl sites for hydroxylation is 3. The van der Waals surface area contributed by atoms with Crippen molar-refractivity contribution < 1.29 is 65.9 Å². The van der Waals surface area contributed by atoms with E-state index in [2.05, 4.69) is 0 Å². The smallest absolute Gasteiger partial charge is 0.200 e. The maximum Gasteiger partial charge on any atom is 0.200 e. The SMILES string of the molecule is Cc1ccccc1[P+](/C1=C/[B-](c2c(F)c(F)c(F)c(F)c2F)(c2c(F)c(F)c(F)c(F)c2F)/C(c2c(F)c(F)c(F)c(F)c2F)=C\CCC1)(c1ccccc1C)c1ccccc1C. The highest BCUT2D eigenvalue weighted by Gasteiger charge is 2.54. The zero-order valence-corrected chi connectivity index (χ0v) is 33.8. The number of allylic oxidation sites excluding steroid dienone is 2. The lowest BCUT2D eigenvalue weighted by Gasteiger charge is -2.46. The Bertz CT molecular complexity index is 2670. The van der Waals surface area contributed by atoms with Crippen LogP contribution in [0.5, 0.6) is 0 Å². The van der Waals surface area contributed by atoms with Crippen LogP contribution in [0.1, 0.15) is 41.5 Å². The summed E-state index contributed by atoms with van der Waals surface area (Å²) in [6.07, 6.45) is -6.35. The first-order valence-corrected chi connectivity index (χ1v) is 20.8. The molecular formula is C46H29BF15P. The summed E-state index contributed by atoms with van der Waals surface area (Å²) >= 11 is 0. The Morgan fingerprint density at radius 1 is 0.397 bits per heavy atom. The molecule has 0 radical (unpaired) electrons. The molecule has 0 N–H and O–H groups in total. The lowest BCUT2D eigenvalue weighted by atomic mass is 9.14. The largest absolute Gasteiger partial charge is 0.207 e. The van der Waals surface area contributed by atoms with Crippen LogP contribution in [-0.2, 0) is 0 Å². The van der Waals surface area contributed by atoms with Crippen molar-refractivity contribution >= 4 is 45.7 Å². The number of halogens is 15. The van der Waals surface area contributed by atoms with E-state index >= 15 is 52.7 Å². The highest BCUT2D eigenvalue weighted by molar-refractivity contribution is 7.99. The minimum absolute atomic E-state index is 0.212. The van der Waals surface area contributed by atoms with Crippen LogP contribution in [-0.4, -0.2) is 6.15 Å². The van der Waals surface area contributed by atoms with E-state index in [9.17, 15) is 13.2 Å². The molecule has 0 amide bonds. The van der Waals surface area contributed by atoms with Gasteiger partial charge in [0.15, 0.2) is 58.2 Å². The van der Waals surface area contributed by atoms with E-state index in [0.29, 0.717) is 44.7 Å². The third-order valence-corrected chi connectivity index (χ3v) is 16.6. The van der Waals surface area contributed by atoms with Gasteiger partial charge in [0, 0.05) is 17.3 Å². The van der Waals surface area contributed by atoms with Gasteiger partial charge in [-0.2, -0.15) is 11.4 Å². The van der Waals surface area contributed by atoms with Crippen LogP contribution in [0.3, 0.4) is 0 Å². The summed E-state index contributed by atoms with van der Waals surface area (Å²) in [4.78, 5) is 0. The molecule has 63 heavy (non-hydrogen) atoms. The van der Waals surface area contributed by atoms with Crippen molar-refractivity contribution in [2.24, 2.45) is 0 Å². The van der Waals surface area contributed by atoms with Crippen LogP contribution in [0.2, 0.25) is 0 Å². The Hall–Kier alpha value is -5.76. The molecule has 0 aliphatic carbocycles. The molecule has 1 aliphatic heterocycles. The van der Waals surface area contributed by atoms with Crippen LogP contribution < -0.4 is 26.8 Å². The van der Waals surface area contributed by atoms with Gasteiger partial charge in [0.05, 0.1) is 0 Å². The molecule has 0 nitrogen and oxygen atoms in total. The van der Waals surface area contributed by atoms with E-state index in [1.807, 2.05) is 0 Å². The molecule has 0 atom stereocenters. The van der Waals surface area contributed by atoms with Gasteiger partial charge in [-0.25, -0.2) is 65.9 Å². The van der Waals surface area contributed by atoms with Crippen molar-refractivity contribution in [1.29, 1.82) is 0 Å². The van der Waals surface area contributed by atoms with Gasteiger partial charge in [-0.05, 0) is 68.5 Å². The zero-order chi connectivity index (χ0) is 46.0. The first kappa shape index (κ1) is 45.3.